The number of rotatable bonds is 4. The zero-order valence-corrected chi connectivity index (χ0v) is 15.0. The average Bonchev–Trinajstić information content (AvgIpc) is 2.62. The molecule has 1 heterocycles. The van der Waals surface area contributed by atoms with Crippen LogP contribution in [0.4, 0.5) is 11.4 Å². The summed E-state index contributed by atoms with van der Waals surface area (Å²) < 4.78 is 0.985. The summed E-state index contributed by atoms with van der Waals surface area (Å²) in [4.78, 5) is 41.0. The molecule has 1 aromatic heterocycles. The lowest BCUT2D eigenvalue weighted by molar-refractivity contribution is -0.385. The van der Waals surface area contributed by atoms with E-state index < -0.39 is 22.1 Å². The maximum atomic E-state index is 12.2. The van der Waals surface area contributed by atoms with E-state index in [1.165, 1.54) is 18.2 Å². The minimum atomic E-state index is -0.797. The number of hydrogen-bond acceptors (Lipinski definition) is 6. The second-order valence-corrected chi connectivity index (χ2v) is 6.10. The normalized spacial score (nSPS) is 11.1. The molecule has 0 bridgehead atoms. The minimum Gasteiger partial charge on any atom is -0.493 e. The first kappa shape index (κ1) is 18.8. The highest BCUT2D eigenvalue weighted by atomic mass is 16.6. The number of nitro benzene ring substituents is 1. The number of aromatic nitrogens is 2. The van der Waals surface area contributed by atoms with Crippen molar-refractivity contribution in [1.82, 2.24) is 9.55 Å². The van der Waals surface area contributed by atoms with Crippen molar-refractivity contribution in [2.24, 2.45) is 4.99 Å². The molecule has 0 unspecified atom stereocenters. The number of aromatic amines is 1. The summed E-state index contributed by atoms with van der Waals surface area (Å²) in [7, 11) is 0. The molecule has 0 aliphatic rings. The van der Waals surface area contributed by atoms with E-state index in [0.717, 1.165) is 16.3 Å². The summed E-state index contributed by atoms with van der Waals surface area (Å²) in [5, 5.41) is 21.4. The van der Waals surface area contributed by atoms with Gasteiger partial charge in [0.2, 0.25) is 5.88 Å². The standard InChI is InChI=1S/C19H16N4O5/c1-11-5-3-4-6-15(11)22-18(25)14(17(24)21-19(22)26)10-20-13-7-8-16(23(27)28)12(2)9-13/h3-10,25H,1-2H3,(H,21,24,26). The predicted octanol–water partition coefficient (Wildman–Crippen LogP) is 2.51. The van der Waals surface area contributed by atoms with Gasteiger partial charge in [0.05, 0.1) is 16.3 Å². The van der Waals surface area contributed by atoms with Gasteiger partial charge >= 0.3 is 5.69 Å². The van der Waals surface area contributed by atoms with Gasteiger partial charge in [0.1, 0.15) is 5.56 Å². The zero-order valence-electron chi connectivity index (χ0n) is 15.0. The van der Waals surface area contributed by atoms with Crippen LogP contribution in [-0.2, 0) is 0 Å². The van der Waals surface area contributed by atoms with Crippen molar-refractivity contribution in [2.45, 2.75) is 13.8 Å². The molecule has 0 fully saturated rings. The van der Waals surface area contributed by atoms with Gasteiger partial charge in [-0.1, -0.05) is 18.2 Å². The number of benzene rings is 2. The number of aliphatic imine (C=N–C) groups is 1. The molecule has 3 rings (SSSR count). The number of hydrogen-bond donors (Lipinski definition) is 2. The van der Waals surface area contributed by atoms with Gasteiger partial charge in [-0.2, -0.15) is 0 Å². The molecule has 9 nitrogen and oxygen atoms in total. The Labute approximate surface area is 158 Å². The third-order valence-electron chi connectivity index (χ3n) is 4.20. The summed E-state index contributed by atoms with van der Waals surface area (Å²) in [6.07, 6.45) is 1.11. The van der Waals surface area contributed by atoms with Crippen LogP contribution in [0.3, 0.4) is 0 Å². The topological polar surface area (TPSA) is 131 Å². The summed E-state index contributed by atoms with van der Waals surface area (Å²) >= 11 is 0. The van der Waals surface area contributed by atoms with Crippen molar-refractivity contribution in [3.8, 4) is 11.6 Å². The number of nitrogens with one attached hydrogen (secondary N) is 1. The Morgan fingerprint density at radius 1 is 1.14 bits per heavy atom. The number of aryl methyl sites for hydroxylation is 2. The Balaban J connectivity index is 2.10. The fourth-order valence-electron chi connectivity index (χ4n) is 2.76. The maximum Gasteiger partial charge on any atom is 0.335 e. The largest absolute Gasteiger partial charge is 0.493 e. The van der Waals surface area contributed by atoms with Gasteiger partial charge in [-0.3, -0.25) is 24.9 Å². The molecular formula is C19H16N4O5. The molecule has 2 aromatic carbocycles. The number of nitrogens with zero attached hydrogens (tertiary/aromatic N) is 3. The number of aromatic hydroxyl groups is 1. The lowest BCUT2D eigenvalue weighted by Gasteiger charge is -2.11. The van der Waals surface area contributed by atoms with Crippen molar-refractivity contribution in [2.75, 3.05) is 0 Å². The molecule has 9 heteroatoms. The highest BCUT2D eigenvalue weighted by Crippen LogP contribution is 2.24. The number of para-hydroxylation sites is 1. The smallest absolute Gasteiger partial charge is 0.335 e. The van der Waals surface area contributed by atoms with Crippen LogP contribution in [0.2, 0.25) is 0 Å². The van der Waals surface area contributed by atoms with Crippen LogP contribution in [0, 0.1) is 24.0 Å². The molecular weight excluding hydrogens is 364 g/mol. The van der Waals surface area contributed by atoms with E-state index in [9.17, 15) is 24.8 Å². The van der Waals surface area contributed by atoms with Gasteiger partial charge in [-0.05, 0) is 37.6 Å². The first-order valence-electron chi connectivity index (χ1n) is 8.23. The van der Waals surface area contributed by atoms with Crippen LogP contribution in [0.15, 0.2) is 57.0 Å². The Kier molecular flexibility index (Phi) is 4.90. The van der Waals surface area contributed by atoms with Crippen LogP contribution in [-0.4, -0.2) is 25.8 Å². The molecule has 0 saturated heterocycles. The van der Waals surface area contributed by atoms with Gasteiger partial charge < -0.3 is 5.11 Å². The molecule has 0 spiro atoms. The van der Waals surface area contributed by atoms with Gasteiger partial charge in [-0.25, -0.2) is 9.36 Å². The Hall–Kier alpha value is -4.01. The van der Waals surface area contributed by atoms with Crippen LogP contribution in [0.5, 0.6) is 5.88 Å². The molecule has 0 aliphatic carbocycles. The number of H-pyrrole nitrogens is 1. The van der Waals surface area contributed by atoms with E-state index in [2.05, 4.69) is 9.98 Å². The van der Waals surface area contributed by atoms with Crippen LogP contribution < -0.4 is 11.2 Å². The third-order valence-corrected chi connectivity index (χ3v) is 4.20. The summed E-state index contributed by atoms with van der Waals surface area (Å²) in [6, 6.07) is 11.1. The molecule has 28 heavy (non-hydrogen) atoms. The molecule has 0 amide bonds. The van der Waals surface area contributed by atoms with Gasteiger partial charge in [0.25, 0.3) is 11.2 Å². The Morgan fingerprint density at radius 3 is 2.50 bits per heavy atom. The van der Waals surface area contributed by atoms with Crippen LogP contribution >= 0.6 is 0 Å². The van der Waals surface area contributed by atoms with E-state index >= 15 is 0 Å². The van der Waals surface area contributed by atoms with Crippen LogP contribution in [0.1, 0.15) is 16.7 Å². The summed E-state index contributed by atoms with van der Waals surface area (Å²) in [5.74, 6) is -0.551. The highest BCUT2D eigenvalue weighted by molar-refractivity contribution is 5.84. The molecule has 0 radical (unpaired) electrons. The molecule has 2 N–H and O–H groups in total. The fraction of sp³-hybridized carbons (Fsp3) is 0.105. The fourth-order valence-corrected chi connectivity index (χ4v) is 2.76. The molecule has 0 aliphatic heterocycles. The second kappa shape index (κ2) is 7.31. The monoisotopic (exact) mass is 380 g/mol. The van der Waals surface area contributed by atoms with Gasteiger partial charge in [-0.15, -0.1) is 0 Å². The van der Waals surface area contributed by atoms with Gasteiger partial charge in [0, 0.05) is 17.8 Å². The highest BCUT2D eigenvalue weighted by Gasteiger charge is 2.15. The number of nitro groups is 1. The van der Waals surface area contributed by atoms with E-state index in [-0.39, 0.29) is 11.3 Å². The Morgan fingerprint density at radius 2 is 1.86 bits per heavy atom. The van der Waals surface area contributed by atoms with Crippen molar-refractivity contribution in [3.05, 3.63) is 90.1 Å². The molecule has 0 atom stereocenters. The van der Waals surface area contributed by atoms with E-state index in [1.807, 2.05) is 0 Å². The lowest BCUT2D eigenvalue weighted by Crippen LogP contribution is -2.31. The molecule has 142 valence electrons. The molecule has 3 aromatic rings. The quantitative estimate of drug-likeness (QED) is 0.408. The van der Waals surface area contributed by atoms with Crippen molar-refractivity contribution in [1.29, 1.82) is 0 Å². The third kappa shape index (κ3) is 3.45. The van der Waals surface area contributed by atoms with E-state index in [0.29, 0.717) is 16.9 Å². The minimum absolute atomic E-state index is 0.0484. The van der Waals surface area contributed by atoms with E-state index in [4.69, 9.17) is 0 Å². The predicted molar refractivity (Wildman–Crippen MR) is 104 cm³/mol. The first-order chi connectivity index (χ1) is 13.3. The first-order valence-corrected chi connectivity index (χ1v) is 8.23. The van der Waals surface area contributed by atoms with E-state index in [1.54, 1.807) is 38.1 Å². The molecule has 0 saturated carbocycles. The Bertz CT molecular complexity index is 1220. The SMILES string of the molecule is Cc1ccccc1-n1c(O)c(C=Nc2ccc([N+](=O)[O-])c(C)c2)c(=O)[nH]c1=O. The van der Waals surface area contributed by atoms with Crippen molar-refractivity contribution >= 4 is 17.6 Å². The van der Waals surface area contributed by atoms with Gasteiger partial charge in [0.15, 0.2) is 0 Å². The summed E-state index contributed by atoms with van der Waals surface area (Å²) in [6.45, 7) is 3.33. The van der Waals surface area contributed by atoms with Crippen molar-refractivity contribution < 1.29 is 10.0 Å². The summed E-state index contributed by atoms with van der Waals surface area (Å²) in [5.41, 5.74) is 0.0718. The second-order valence-electron chi connectivity index (χ2n) is 6.10. The maximum absolute atomic E-state index is 12.2. The lowest BCUT2D eigenvalue weighted by atomic mass is 10.2. The van der Waals surface area contributed by atoms with Crippen molar-refractivity contribution in [3.63, 3.8) is 0 Å². The zero-order chi connectivity index (χ0) is 20.4. The van der Waals surface area contributed by atoms with Crippen LogP contribution in [0.25, 0.3) is 5.69 Å². The average molecular weight is 380 g/mol.